The maximum atomic E-state index is 12.5. The van der Waals surface area contributed by atoms with E-state index in [1.54, 1.807) is 13.0 Å². The Bertz CT molecular complexity index is 848. The van der Waals surface area contributed by atoms with E-state index in [1.165, 1.54) is 12.1 Å². The van der Waals surface area contributed by atoms with Crippen molar-refractivity contribution in [2.75, 3.05) is 4.72 Å². The summed E-state index contributed by atoms with van der Waals surface area (Å²) in [6.45, 7) is 3.65. The van der Waals surface area contributed by atoms with E-state index in [9.17, 15) is 13.2 Å². The number of halogens is 1. The van der Waals surface area contributed by atoms with Gasteiger partial charge in [-0.05, 0) is 49.2 Å². The average Bonchev–Trinajstić information content (AvgIpc) is 2.42. The average molecular weight is 339 g/mol. The van der Waals surface area contributed by atoms with Gasteiger partial charge in [-0.15, -0.1) is 0 Å². The number of benzene rings is 2. The number of rotatable bonds is 4. The number of primary amides is 1. The Labute approximate surface area is 134 Å². The number of hydrogen-bond donors (Lipinski definition) is 2. The molecule has 1 amide bonds. The molecule has 0 radical (unpaired) electrons. The standard InChI is InChI=1S/C15H15ClN2O3S/c1-9-3-4-10(2)13(7-9)18-22(20,21)14-8-11(15(17)19)5-6-12(14)16/h3-8,18H,1-2H3,(H2,17,19). The van der Waals surface area contributed by atoms with Gasteiger partial charge in [-0.25, -0.2) is 8.42 Å². The second-order valence-corrected chi connectivity index (χ2v) is 6.99. The van der Waals surface area contributed by atoms with Crippen LogP contribution in [0.15, 0.2) is 41.3 Å². The maximum absolute atomic E-state index is 12.5. The van der Waals surface area contributed by atoms with Crippen LogP contribution < -0.4 is 10.5 Å². The highest BCUT2D eigenvalue weighted by molar-refractivity contribution is 7.92. The summed E-state index contributed by atoms with van der Waals surface area (Å²) in [5, 5.41) is 0.0165. The predicted molar refractivity (Wildman–Crippen MR) is 86.7 cm³/mol. The molecule has 2 aromatic carbocycles. The van der Waals surface area contributed by atoms with E-state index in [1.807, 2.05) is 19.1 Å². The summed E-state index contributed by atoms with van der Waals surface area (Å²) in [5.41, 5.74) is 7.40. The molecule has 0 saturated carbocycles. The highest BCUT2D eigenvalue weighted by Gasteiger charge is 2.20. The van der Waals surface area contributed by atoms with Crippen LogP contribution in [0.1, 0.15) is 21.5 Å². The van der Waals surface area contributed by atoms with E-state index in [4.69, 9.17) is 17.3 Å². The number of sulfonamides is 1. The smallest absolute Gasteiger partial charge is 0.263 e. The lowest BCUT2D eigenvalue weighted by Crippen LogP contribution is -2.17. The molecule has 0 aliphatic heterocycles. The van der Waals surface area contributed by atoms with Crippen molar-refractivity contribution in [2.45, 2.75) is 18.7 Å². The SMILES string of the molecule is Cc1ccc(C)c(NS(=O)(=O)c2cc(C(N)=O)ccc2Cl)c1. The minimum Gasteiger partial charge on any atom is -0.366 e. The summed E-state index contributed by atoms with van der Waals surface area (Å²) >= 11 is 5.95. The largest absolute Gasteiger partial charge is 0.366 e. The Hall–Kier alpha value is -2.05. The molecule has 0 aliphatic rings. The van der Waals surface area contributed by atoms with Gasteiger partial charge < -0.3 is 5.73 Å². The van der Waals surface area contributed by atoms with Gasteiger partial charge in [0.15, 0.2) is 0 Å². The first kappa shape index (κ1) is 16.3. The second kappa shape index (κ2) is 5.98. The molecule has 0 heterocycles. The lowest BCUT2D eigenvalue weighted by atomic mass is 10.1. The van der Waals surface area contributed by atoms with Gasteiger partial charge in [-0.2, -0.15) is 0 Å². The zero-order chi connectivity index (χ0) is 16.5. The third-order valence-electron chi connectivity index (χ3n) is 3.14. The van der Waals surface area contributed by atoms with Crippen molar-refractivity contribution in [3.05, 3.63) is 58.1 Å². The molecule has 5 nitrogen and oxygen atoms in total. The predicted octanol–water partition coefficient (Wildman–Crippen LogP) is 2.86. The number of hydrogen-bond acceptors (Lipinski definition) is 3. The van der Waals surface area contributed by atoms with Gasteiger partial charge in [-0.3, -0.25) is 9.52 Å². The van der Waals surface area contributed by atoms with Crippen LogP contribution in [0, 0.1) is 13.8 Å². The first-order chi connectivity index (χ1) is 10.2. The van der Waals surface area contributed by atoms with E-state index in [0.717, 1.165) is 17.2 Å². The third-order valence-corrected chi connectivity index (χ3v) is 4.99. The summed E-state index contributed by atoms with van der Waals surface area (Å²) in [4.78, 5) is 11.0. The van der Waals surface area contributed by atoms with Crippen molar-refractivity contribution in [1.82, 2.24) is 0 Å². The molecule has 0 atom stereocenters. The molecule has 116 valence electrons. The van der Waals surface area contributed by atoms with Gasteiger partial charge in [0.1, 0.15) is 4.90 Å². The number of amides is 1. The van der Waals surface area contributed by atoms with Crippen molar-refractivity contribution < 1.29 is 13.2 Å². The maximum Gasteiger partial charge on any atom is 0.263 e. The molecule has 0 saturated heterocycles. The highest BCUT2D eigenvalue weighted by atomic mass is 35.5. The van der Waals surface area contributed by atoms with Crippen molar-refractivity contribution in [1.29, 1.82) is 0 Å². The number of carbonyl (C=O) groups excluding carboxylic acids is 1. The molecule has 7 heteroatoms. The molecular weight excluding hydrogens is 324 g/mol. The van der Waals surface area contributed by atoms with Crippen LogP contribution in [-0.2, 0) is 10.0 Å². The number of aryl methyl sites for hydroxylation is 2. The molecule has 0 spiro atoms. The van der Waals surface area contributed by atoms with Gasteiger partial charge in [0, 0.05) is 5.56 Å². The van der Waals surface area contributed by atoms with E-state index >= 15 is 0 Å². The van der Waals surface area contributed by atoms with E-state index < -0.39 is 15.9 Å². The number of anilines is 1. The Kier molecular flexibility index (Phi) is 4.44. The molecule has 2 aromatic rings. The van der Waals surface area contributed by atoms with Crippen LogP contribution in [0.4, 0.5) is 5.69 Å². The lowest BCUT2D eigenvalue weighted by Gasteiger charge is -2.13. The number of nitrogens with two attached hydrogens (primary N) is 1. The van der Waals surface area contributed by atoms with Gasteiger partial charge >= 0.3 is 0 Å². The lowest BCUT2D eigenvalue weighted by molar-refractivity contribution is 0.1000. The molecule has 0 fully saturated rings. The van der Waals surface area contributed by atoms with E-state index in [-0.39, 0.29) is 15.5 Å². The first-order valence-corrected chi connectivity index (χ1v) is 8.26. The summed E-state index contributed by atoms with van der Waals surface area (Å²) in [6.07, 6.45) is 0. The molecule has 3 N–H and O–H groups in total. The Morgan fingerprint density at radius 1 is 1.14 bits per heavy atom. The van der Waals surface area contributed by atoms with Gasteiger partial charge in [0.05, 0.1) is 10.7 Å². The summed E-state index contributed by atoms with van der Waals surface area (Å²) in [7, 11) is -3.93. The second-order valence-electron chi connectivity index (χ2n) is 4.93. The topological polar surface area (TPSA) is 89.3 Å². The third kappa shape index (κ3) is 3.40. The van der Waals surface area contributed by atoms with Crippen LogP contribution in [0.5, 0.6) is 0 Å². The number of carbonyl (C=O) groups is 1. The van der Waals surface area contributed by atoms with Crippen LogP contribution in [0.3, 0.4) is 0 Å². The van der Waals surface area contributed by atoms with Crippen molar-refractivity contribution in [3.63, 3.8) is 0 Å². The molecule has 2 rings (SSSR count). The van der Waals surface area contributed by atoms with Gasteiger partial charge in [0.25, 0.3) is 10.0 Å². The first-order valence-electron chi connectivity index (χ1n) is 6.40. The minimum absolute atomic E-state index is 0.0165. The van der Waals surface area contributed by atoms with E-state index in [2.05, 4.69) is 4.72 Å². The molecule has 22 heavy (non-hydrogen) atoms. The van der Waals surface area contributed by atoms with Crippen LogP contribution in [-0.4, -0.2) is 14.3 Å². The quantitative estimate of drug-likeness (QED) is 0.898. The van der Waals surface area contributed by atoms with Gasteiger partial charge in [-0.1, -0.05) is 23.7 Å². The zero-order valence-electron chi connectivity index (χ0n) is 12.1. The molecular formula is C15H15ClN2O3S. The zero-order valence-corrected chi connectivity index (χ0v) is 13.6. The van der Waals surface area contributed by atoms with E-state index in [0.29, 0.717) is 5.69 Å². The van der Waals surface area contributed by atoms with Crippen molar-refractivity contribution >= 4 is 33.2 Å². The van der Waals surface area contributed by atoms with Crippen LogP contribution >= 0.6 is 11.6 Å². The Morgan fingerprint density at radius 3 is 2.45 bits per heavy atom. The summed E-state index contributed by atoms with van der Waals surface area (Å²) < 4.78 is 27.5. The fraction of sp³-hybridized carbons (Fsp3) is 0.133. The van der Waals surface area contributed by atoms with Gasteiger partial charge in [0.2, 0.25) is 5.91 Å². The summed E-state index contributed by atoms with van der Waals surface area (Å²) in [6, 6.07) is 9.29. The molecule has 0 bridgehead atoms. The fourth-order valence-electron chi connectivity index (χ4n) is 1.91. The minimum atomic E-state index is -3.93. The Balaban J connectivity index is 2.49. The molecule has 0 aromatic heterocycles. The molecule has 0 aliphatic carbocycles. The van der Waals surface area contributed by atoms with Crippen LogP contribution in [0.25, 0.3) is 0 Å². The normalized spacial score (nSPS) is 11.2. The fourth-order valence-corrected chi connectivity index (χ4v) is 3.56. The number of nitrogens with one attached hydrogen (secondary N) is 1. The van der Waals surface area contributed by atoms with Crippen molar-refractivity contribution in [3.8, 4) is 0 Å². The van der Waals surface area contributed by atoms with Crippen molar-refractivity contribution in [2.24, 2.45) is 5.73 Å². The molecule has 0 unspecified atom stereocenters. The van der Waals surface area contributed by atoms with Crippen LogP contribution in [0.2, 0.25) is 5.02 Å². The monoisotopic (exact) mass is 338 g/mol. The highest BCUT2D eigenvalue weighted by Crippen LogP contribution is 2.26. The Morgan fingerprint density at radius 2 is 1.82 bits per heavy atom. The summed E-state index contributed by atoms with van der Waals surface area (Å²) in [5.74, 6) is -0.722.